The normalized spacial score (nSPS) is 18.2. The molecule has 0 spiro atoms. The number of aromatic nitrogens is 5. The number of nitrogens with zero attached hydrogens (tertiary/aromatic N) is 6. The van der Waals surface area contributed by atoms with Crippen molar-refractivity contribution in [3.8, 4) is 11.4 Å². The average Bonchev–Trinajstić information content (AvgIpc) is 3.05. The largest absolute Gasteiger partial charge is 0.377 e. The van der Waals surface area contributed by atoms with Gasteiger partial charge in [-0.3, -0.25) is 0 Å². The lowest BCUT2D eigenvalue weighted by atomic mass is 10.2. The summed E-state index contributed by atoms with van der Waals surface area (Å²) < 4.78 is 32.7. The highest BCUT2D eigenvalue weighted by atomic mass is 19.3. The van der Waals surface area contributed by atoms with Gasteiger partial charge in [-0.1, -0.05) is 0 Å². The van der Waals surface area contributed by atoms with Crippen molar-refractivity contribution >= 4 is 11.5 Å². The molecule has 0 amide bonds. The third-order valence-electron chi connectivity index (χ3n) is 4.18. The first-order valence-corrected chi connectivity index (χ1v) is 7.93. The van der Waals surface area contributed by atoms with Crippen LogP contribution >= 0.6 is 0 Å². The third-order valence-corrected chi connectivity index (χ3v) is 4.18. The molecule has 1 aliphatic heterocycles. The number of fused-ring (bicyclic) bond motifs is 1. The van der Waals surface area contributed by atoms with E-state index in [4.69, 9.17) is 4.74 Å². The van der Waals surface area contributed by atoms with Gasteiger partial charge in [-0.2, -0.15) is 5.10 Å². The van der Waals surface area contributed by atoms with Crippen molar-refractivity contribution in [2.75, 3.05) is 24.7 Å². The molecule has 4 rings (SSSR count). The Labute approximate surface area is 142 Å². The molecule has 25 heavy (non-hydrogen) atoms. The molecule has 7 nitrogen and oxygen atoms in total. The molecule has 9 heteroatoms. The highest BCUT2D eigenvalue weighted by Gasteiger charge is 2.21. The molecule has 0 unspecified atom stereocenters. The van der Waals surface area contributed by atoms with Crippen molar-refractivity contribution in [1.82, 2.24) is 24.6 Å². The summed E-state index contributed by atoms with van der Waals surface area (Å²) in [6.45, 7) is 4.07. The van der Waals surface area contributed by atoms with Crippen LogP contribution in [0.2, 0.25) is 0 Å². The molecule has 1 aliphatic rings. The zero-order valence-electron chi connectivity index (χ0n) is 13.5. The maximum atomic E-state index is 12.9. The predicted octanol–water partition coefficient (Wildman–Crippen LogP) is 2.35. The van der Waals surface area contributed by atoms with E-state index in [9.17, 15) is 8.78 Å². The summed E-state index contributed by atoms with van der Waals surface area (Å²) in [7, 11) is 0. The van der Waals surface area contributed by atoms with Gasteiger partial charge in [0.1, 0.15) is 23.5 Å². The van der Waals surface area contributed by atoms with Gasteiger partial charge in [-0.25, -0.2) is 28.2 Å². The molecule has 0 N–H and O–H groups in total. The number of morpholine rings is 1. The third kappa shape index (κ3) is 2.91. The molecule has 3 aromatic rings. The van der Waals surface area contributed by atoms with E-state index < -0.39 is 6.43 Å². The van der Waals surface area contributed by atoms with Crippen LogP contribution in [0.4, 0.5) is 14.6 Å². The molecular weight excluding hydrogens is 330 g/mol. The number of imidazole rings is 1. The summed E-state index contributed by atoms with van der Waals surface area (Å²) in [4.78, 5) is 15.0. The maximum Gasteiger partial charge on any atom is 0.282 e. The lowest BCUT2D eigenvalue weighted by molar-refractivity contribution is 0.0985. The van der Waals surface area contributed by atoms with Crippen molar-refractivity contribution in [1.29, 1.82) is 0 Å². The van der Waals surface area contributed by atoms with Crippen LogP contribution in [-0.2, 0) is 4.74 Å². The molecule has 1 atom stereocenters. The van der Waals surface area contributed by atoms with E-state index >= 15 is 0 Å². The molecule has 3 aromatic heterocycles. The fraction of sp³-hybridized carbons (Fsp3) is 0.375. The topological polar surface area (TPSA) is 68.4 Å². The van der Waals surface area contributed by atoms with Gasteiger partial charge in [0.2, 0.25) is 0 Å². The van der Waals surface area contributed by atoms with Crippen LogP contribution < -0.4 is 4.90 Å². The second-order valence-corrected chi connectivity index (χ2v) is 5.85. The Balaban J connectivity index is 1.76. The minimum atomic E-state index is -2.64. The zero-order valence-corrected chi connectivity index (χ0v) is 13.5. The zero-order chi connectivity index (χ0) is 17.4. The molecule has 0 saturated carbocycles. The molecule has 4 heterocycles. The Morgan fingerprint density at radius 1 is 1.24 bits per heavy atom. The van der Waals surface area contributed by atoms with Crippen LogP contribution in [0.1, 0.15) is 19.0 Å². The first-order chi connectivity index (χ1) is 12.1. The Kier molecular flexibility index (Phi) is 4.00. The summed E-state index contributed by atoms with van der Waals surface area (Å²) >= 11 is 0. The summed E-state index contributed by atoms with van der Waals surface area (Å²) in [5.41, 5.74) is 1.30. The number of ether oxygens (including phenoxy) is 1. The minimum Gasteiger partial charge on any atom is -0.377 e. The van der Waals surface area contributed by atoms with Crippen LogP contribution in [0.3, 0.4) is 0 Å². The van der Waals surface area contributed by atoms with Gasteiger partial charge in [-0.15, -0.1) is 0 Å². The molecule has 0 aromatic carbocycles. The average molecular weight is 346 g/mol. The molecule has 130 valence electrons. The number of anilines is 1. The monoisotopic (exact) mass is 346 g/mol. The second kappa shape index (κ2) is 6.32. The molecule has 1 saturated heterocycles. The van der Waals surface area contributed by atoms with Gasteiger partial charge in [0.15, 0.2) is 5.65 Å². The van der Waals surface area contributed by atoms with E-state index in [1.54, 1.807) is 6.20 Å². The Bertz CT molecular complexity index is 899. The number of alkyl halides is 2. The molecule has 1 fully saturated rings. The van der Waals surface area contributed by atoms with Gasteiger partial charge in [0, 0.05) is 12.6 Å². The van der Waals surface area contributed by atoms with Gasteiger partial charge < -0.3 is 9.64 Å². The van der Waals surface area contributed by atoms with E-state index in [1.807, 2.05) is 6.07 Å². The van der Waals surface area contributed by atoms with Crippen LogP contribution in [0, 0.1) is 0 Å². The minimum absolute atomic E-state index is 0.197. The standard InChI is InChI=1S/C16H16F2N6O/c1-10-8-25-5-4-23(10)15-6-12(20-9-21-15)13-7-19-14-3-2-11(16(17)18)22-24(13)14/h2-3,6-7,9-10,16H,4-5,8H2,1H3/t10-/m0/s1. The Morgan fingerprint density at radius 2 is 2.12 bits per heavy atom. The van der Waals surface area contributed by atoms with Crippen LogP contribution in [0.5, 0.6) is 0 Å². The van der Waals surface area contributed by atoms with Crippen LogP contribution in [-0.4, -0.2) is 50.4 Å². The van der Waals surface area contributed by atoms with E-state index in [0.717, 1.165) is 12.4 Å². The Morgan fingerprint density at radius 3 is 2.92 bits per heavy atom. The van der Waals surface area contributed by atoms with E-state index in [-0.39, 0.29) is 11.7 Å². The smallest absolute Gasteiger partial charge is 0.282 e. The van der Waals surface area contributed by atoms with Crippen molar-refractivity contribution in [2.24, 2.45) is 0 Å². The van der Waals surface area contributed by atoms with Crippen molar-refractivity contribution in [3.63, 3.8) is 0 Å². The predicted molar refractivity (Wildman–Crippen MR) is 86.6 cm³/mol. The first-order valence-electron chi connectivity index (χ1n) is 7.93. The van der Waals surface area contributed by atoms with Gasteiger partial charge in [-0.05, 0) is 19.1 Å². The van der Waals surface area contributed by atoms with Crippen LogP contribution in [0.15, 0.2) is 30.7 Å². The lowest BCUT2D eigenvalue weighted by Crippen LogP contribution is -2.44. The first kappa shape index (κ1) is 15.8. The van der Waals surface area contributed by atoms with Gasteiger partial charge in [0.25, 0.3) is 6.43 Å². The molecule has 0 radical (unpaired) electrons. The highest BCUT2D eigenvalue weighted by molar-refractivity contribution is 5.62. The lowest BCUT2D eigenvalue weighted by Gasteiger charge is -2.34. The summed E-state index contributed by atoms with van der Waals surface area (Å²) in [5.74, 6) is 0.765. The molecule has 0 aliphatic carbocycles. The van der Waals surface area contributed by atoms with E-state index in [1.165, 1.54) is 23.0 Å². The number of hydrogen-bond acceptors (Lipinski definition) is 6. The maximum absolute atomic E-state index is 12.9. The summed E-state index contributed by atoms with van der Waals surface area (Å²) in [5, 5.41) is 3.98. The number of hydrogen-bond donors (Lipinski definition) is 0. The molecular formula is C16H16F2N6O. The Hall–Kier alpha value is -2.68. The van der Waals surface area contributed by atoms with Gasteiger partial charge >= 0.3 is 0 Å². The highest BCUT2D eigenvalue weighted by Crippen LogP contribution is 2.24. The second-order valence-electron chi connectivity index (χ2n) is 5.85. The van der Waals surface area contributed by atoms with Gasteiger partial charge in [0.05, 0.1) is 31.1 Å². The summed E-state index contributed by atoms with van der Waals surface area (Å²) in [6, 6.07) is 4.81. The van der Waals surface area contributed by atoms with E-state index in [2.05, 4.69) is 31.9 Å². The SMILES string of the molecule is C[C@H]1COCCN1c1cc(-c2cnc3ccc(C(F)F)nn23)ncn1. The quantitative estimate of drug-likeness (QED) is 0.725. The fourth-order valence-electron chi connectivity index (χ4n) is 2.89. The van der Waals surface area contributed by atoms with Crippen molar-refractivity contribution in [3.05, 3.63) is 36.4 Å². The summed E-state index contributed by atoms with van der Waals surface area (Å²) in [6.07, 6.45) is 0.394. The number of rotatable bonds is 3. The van der Waals surface area contributed by atoms with Crippen molar-refractivity contribution < 1.29 is 13.5 Å². The number of halogens is 2. The van der Waals surface area contributed by atoms with Crippen molar-refractivity contribution in [2.45, 2.75) is 19.4 Å². The fourth-order valence-corrected chi connectivity index (χ4v) is 2.89. The van der Waals surface area contributed by atoms with E-state index in [0.29, 0.717) is 30.2 Å². The molecule has 0 bridgehead atoms. The van der Waals surface area contributed by atoms with Crippen LogP contribution in [0.25, 0.3) is 17.0 Å².